The van der Waals surface area contributed by atoms with E-state index in [9.17, 15) is 14.9 Å². The van der Waals surface area contributed by atoms with Crippen LogP contribution in [0.3, 0.4) is 0 Å². The number of nitrogens with zero attached hydrogens (tertiary/aromatic N) is 2. The molecule has 0 spiro atoms. The summed E-state index contributed by atoms with van der Waals surface area (Å²) in [5, 5.41) is 14.7. The maximum absolute atomic E-state index is 12.3. The van der Waals surface area contributed by atoms with Crippen LogP contribution in [0.1, 0.15) is 29.4 Å². The van der Waals surface area contributed by atoms with Gasteiger partial charge in [-0.1, -0.05) is 13.3 Å². The van der Waals surface area contributed by atoms with E-state index < -0.39 is 4.92 Å². The van der Waals surface area contributed by atoms with Gasteiger partial charge in [0.05, 0.1) is 10.6 Å². The van der Waals surface area contributed by atoms with Crippen molar-refractivity contribution in [3.8, 4) is 0 Å². The molecule has 1 aliphatic rings. The highest BCUT2D eigenvalue weighted by molar-refractivity contribution is 7.21. The number of rotatable bonds is 4. The minimum atomic E-state index is -0.392. The van der Waals surface area contributed by atoms with Gasteiger partial charge in [0.2, 0.25) is 0 Å². The van der Waals surface area contributed by atoms with E-state index in [0.29, 0.717) is 11.4 Å². The van der Waals surface area contributed by atoms with Crippen LogP contribution in [0, 0.1) is 10.1 Å². The zero-order valence-electron chi connectivity index (χ0n) is 12.3. The molecule has 116 valence electrons. The number of non-ortho nitro benzene ring substituents is 1. The Bertz CT molecular complexity index is 741. The standard InChI is InChI=1S/C15H17N3O3S/c1-2-3-7-17-8-6-16-15(19)14-13(17)11-9-10(18(20)21)4-5-12(11)22-14/h4-5,9H,2-3,6-8H2,1H3,(H,16,19). The molecule has 0 aliphatic carbocycles. The summed E-state index contributed by atoms with van der Waals surface area (Å²) < 4.78 is 0.911. The highest BCUT2D eigenvalue weighted by Gasteiger charge is 2.26. The zero-order valence-corrected chi connectivity index (χ0v) is 13.1. The number of unbranched alkanes of at least 4 members (excludes halogenated alkanes) is 1. The molecule has 0 saturated heterocycles. The van der Waals surface area contributed by atoms with E-state index in [4.69, 9.17) is 0 Å². The summed E-state index contributed by atoms with van der Waals surface area (Å²) >= 11 is 1.40. The summed E-state index contributed by atoms with van der Waals surface area (Å²) in [6.45, 7) is 4.30. The summed E-state index contributed by atoms with van der Waals surface area (Å²) in [6.07, 6.45) is 2.09. The molecule has 0 saturated carbocycles. The number of thiophene rings is 1. The van der Waals surface area contributed by atoms with Crippen molar-refractivity contribution in [2.75, 3.05) is 24.5 Å². The third-order valence-electron chi connectivity index (χ3n) is 3.83. The first-order chi connectivity index (χ1) is 10.6. The van der Waals surface area contributed by atoms with Gasteiger partial charge in [0.1, 0.15) is 4.88 Å². The number of nitrogens with one attached hydrogen (secondary N) is 1. The Kier molecular flexibility index (Phi) is 3.98. The van der Waals surface area contributed by atoms with Crippen LogP contribution in [0.25, 0.3) is 10.1 Å². The smallest absolute Gasteiger partial charge is 0.270 e. The zero-order chi connectivity index (χ0) is 15.7. The number of anilines is 1. The molecule has 7 heteroatoms. The second-order valence-electron chi connectivity index (χ2n) is 5.31. The van der Waals surface area contributed by atoms with Crippen molar-refractivity contribution in [1.29, 1.82) is 0 Å². The van der Waals surface area contributed by atoms with Crippen LogP contribution in [-0.2, 0) is 0 Å². The van der Waals surface area contributed by atoms with Crippen molar-refractivity contribution in [2.24, 2.45) is 0 Å². The summed E-state index contributed by atoms with van der Waals surface area (Å²) in [6, 6.07) is 4.81. The van der Waals surface area contributed by atoms with Gasteiger partial charge in [0.25, 0.3) is 11.6 Å². The fraction of sp³-hybridized carbons (Fsp3) is 0.400. The molecular weight excluding hydrogens is 302 g/mol. The van der Waals surface area contributed by atoms with Crippen LogP contribution < -0.4 is 10.2 Å². The van der Waals surface area contributed by atoms with E-state index in [1.165, 1.54) is 17.4 Å². The number of nitro benzene ring substituents is 1. The average molecular weight is 319 g/mol. The topological polar surface area (TPSA) is 75.5 Å². The molecule has 2 aromatic rings. The molecule has 0 radical (unpaired) electrons. The van der Waals surface area contributed by atoms with E-state index in [0.717, 1.165) is 41.7 Å². The second kappa shape index (κ2) is 5.92. The van der Waals surface area contributed by atoms with Gasteiger partial charge in [-0.05, 0) is 12.5 Å². The molecule has 1 N–H and O–H groups in total. The van der Waals surface area contributed by atoms with E-state index >= 15 is 0 Å². The molecule has 1 amide bonds. The number of hydrogen-bond acceptors (Lipinski definition) is 5. The lowest BCUT2D eigenvalue weighted by molar-refractivity contribution is -0.384. The Labute approximate surface area is 131 Å². The second-order valence-corrected chi connectivity index (χ2v) is 6.37. The highest BCUT2D eigenvalue weighted by Crippen LogP contribution is 2.40. The minimum Gasteiger partial charge on any atom is -0.368 e. The molecule has 22 heavy (non-hydrogen) atoms. The minimum absolute atomic E-state index is 0.0631. The van der Waals surface area contributed by atoms with Gasteiger partial charge in [-0.15, -0.1) is 11.3 Å². The average Bonchev–Trinajstić information content (AvgIpc) is 2.81. The monoisotopic (exact) mass is 319 g/mol. The van der Waals surface area contributed by atoms with Crippen LogP contribution >= 0.6 is 11.3 Å². The Balaban J connectivity index is 2.17. The van der Waals surface area contributed by atoms with Gasteiger partial charge in [-0.3, -0.25) is 14.9 Å². The molecule has 0 unspecified atom stereocenters. The number of carbonyl (C=O) groups is 1. The molecule has 0 fully saturated rings. The fourth-order valence-electron chi connectivity index (χ4n) is 2.72. The van der Waals surface area contributed by atoms with Crippen LogP contribution in [0.15, 0.2) is 18.2 Å². The quantitative estimate of drug-likeness (QED) is 0.694. The number of nitro groups is 1. The van der Waals surface area contributed by atoms with E-state index in [1.807, 2.05) is 0 Å². The largest absolute Gasteiger partial charge is 0.368 e. The van der Waals surface area contributed by atoms with Crippen LogP contribution in [-0.4, -0.2) is 30.5 Å². The molecule has 3 rings (SSSR count). The van der Waals surface area contributed by atoms with Gasteiger partial charge >= 0.3 is 0 Å². The van der Waals surface area contributed by atoms with E-state index in [-0.39, 0.29) is 11.6 Å². The summed E-state index contributed by atoms with van der Waals surface area (Å²) in [5.41, 5.74) is 0.917. The molecule has 6 nitrogen and oxygen atoms in total. The number of fused-ring (bicyclic) bond motifs is 3. The third-order valence-corrected chi connectivity index (χ3v) is 4.99. The SMILES string of the molecule is CCCCN1CCNC(=O)c2sc3ccc([N+](=O)[O-])cc3c21. The third kappa shape index (κ3) is 2.52. The van der Waals surface area contributed by atoms with Crippen molar-refractivity contribution >= 4 is 38.7 Å². The Morgan fingerprint density at radius 1 is 1.45 bits per heavy atom. The van der Waals surface area contributed by atoms with Crippen molar-refractivity contribution in [3.05, 3.63) is 33.2 Å². The predicted octanol–water partition coefficient (Wildman–Crippen LogP) is 3.16. The van der Waals surface area contributed by atoms with Gasteiger partial charge in [0.15, 0.2) is 0 Å². The Hall–Kier alpha value is -2.15. The summed E-state index contributed by atoms with van der Waals surface area (Å²) in [4.78, 5) is 25.7. The summed E-state index contributed by atoms with van der Waals surface area (Å²) in [5.74, 6) is -0.0853. The summed E-state index contributed by atoms with van der Waals surface area (Å²) in [7, 11) is 0. The first-order valence-corrected chi connectivity index (χ1v) is 8.17. The first-order valence-electron chi connectivity index (χ1n) is 7.36. The number of carbonyl (C=O) groups excluding carboxylic acids is 1. The molecule has 1 aromatic heterocycles. The normalized spacial score (nSPS) is 14.6. The molecular formula is C15H17N3O3S. The van der Waals surface area contributed by atoms with E-state index in [1.54, 1.807) is 12.1 Å². The molecule has 0 atom stereocenters. The van der Waals surface area contributed by atoms with E-state index in [2.05, 4.69) is 17.1 Å². The lowest BCUT2D eigenvalue weighted by Crippen LogP contribution is -2.30. The number of amides is 1. The van der Waals surface area contributed by atoms with Crippen molar-refractivity contribution < 1.29 is 9.72 Å². The Morgan fingerprint density at radius 3 is 3.00 bits per heavy atom. The molecule has 1 aliphatic heterocycles. The maximum Gasteiger partial charge on any atom is 0.270 e. The van der Waals surface area contributed by atoms with Crippen LogP contribution in [0.2, 0.25) is 0 Å². The Morgan fingerprint density at radius 2 is 2.27 bits per heavy atom. The van der Waals surface area contributed by atoms with Gasteiger partial charge in [-0.25, -0.2) is 0 Å². The molecule has 2 heterocycles. The fourth-order valence-corrected chi connectivity index (χ4v) is 3.85. The number of benzene rings is 1. The highest BCUT2D eigenvalue weighted by atomic mass is 32.1. The maximum atomic E-state index is 12.3. The lowest BCUT2D eigenvalue weighted by Gasteiger charge is -2.22. The first kappa shape index (κ1) is 14.8. The van der Waals surface area contributed by atoms with Crippen molar-refractivity contribution in [2.45, 2.75) is 19.8 Å². The molecule has 0 bridgehead atoms. The van der Waals surface area contributed by atoms with Gasteiger partial charge < -0.3 is 10.2 Å². The van der Waals surface area contributed by atoms with Gasteiger partial charge in [-0.2, -0.15) is 0 Å². The lowest BCUT2D eigenvalue weighted by atomic mass is 10.1. The predicted molar refractivity (Wildman–Crippen MR) is 87.9 cm³/mol. The molecule has 1 aromatic carbocycles. The van der Waals surface area contributed by atoms with Gasteiger partial charge in [0, 0.05) is 41.9 Å². The number of hydrogen-bond donors (Lipinski definition) is 1. The van der Waals surface area contributed by atoms with Crippen molar-refractivity contribution in [3.63, 3.8) is 0 Å². The van der Waals surface area contributed by atoms with Crippen LogP contribution in [0.4, 0.5) is 11.4 Å². The van der Waals surface area contributed by atoms with Crippen molar-refractivity contribution in [1.82, 2.24) is 5.32 Å². The van der Waals surface area contributed by atoms with Crippen LogP contribution in [0.5, 0.6) is 0 Å².